The van der Waals surface area contributed by atoms with Crippen LogP contribution in [0.3, 0.4) is 0 Å². The van der Waals surface area contributed by atoms with Crippen LogP contribution in [0.5, 0.6) is 0 Å². The average molecular weight is 197 g/mol. The third-order valence-electron chi connectivity index (χ3n) is 2.80. The number of ketones is 1. The monoisotopic (exact) mass is 197 g/mol. The second-order valence-corrected chi connectivity index (χ2v) is 3.79. The summed E-state index contributed by atoms with van der Waals surface area (Å²) in [6.07, 6.45) is 6.44. The summed E-state index contributed by atoms with van der Waals surface area (Å²) in [5, 5.41) is 10.2. The lowest BCUT2D eigenvalue weighted by Crippen LogP contribution is -2.24. The van der Waals surface area contributed by atoms with E-state index in [1.807, 2.05) is 0 Å². The predicted octanol–water partition coefficient (Wildman–Crippen LogP) is 2.17. The summed E-state index contributed by atoms with van der Waals surface area (Å²) in [6.45, 7) is 1.57. The van der Waals surface area contributed by atoms with Crippen LogP contribution in [-0.4, -0.2) is 10.7 Å². The van der Waals surface area contributed by atoms with E-state index >= 15 is 0 Å². The average Bonchev–Trinajstić information content (AvgIpc) is 2.15. The van der Waals surface area contributed by atoms with Gasteiger partial charge in [0, 0.05) is 5.92 Å². The highest BCUT2D eigenvalue weighted by Crippen LogP contribution is 2.31. The van der Waals surface area contributed by atoms with Crippen molar-refractivity contribution in [3.63, 3.8) is 0 Å². The van der Waals surface area contributed by atoms with Crippen molar-refractivity contribution < 1.29 is 9.72 Å². The van der Waals surface area contributed by atoms with E-state index in [0.717, 1.165) is 31.9 Å². The van der Waals surface area contributed by atoms with Gasteiger partial charge in [-0.3, -0.25) is 14.9 Å². The largest absolute Gasteiger partial charge is 0.300 e. The Morgan fingerprint density at radius 2 is 2.07 bits per heavy atom. The molecule has 1 saturated carbocycles. The van der Waals surface area contributed by atoms with Crippen LogP contribution in [-0.2, 0) is 4.79 Å². The Morgan fingerprint density at radius 1 is 1.43 bits per heavy atom. The lowest BCUT2D eigenvalue weighted by Gasteiger charge is -2.26. The first-order chi connectivity index (χ1) is 6.61. The summed E-state index contributed by atoms with van der Waals surface area (Å²) in [5.74, 6) is 0.231. The molecule has 1 rings (SSSR count). The molecule has 2 atom stereocenters. The summed E-state index contributed by atoms with van der Waals surface area (Å²) in [6, 6.07) is 0. The van der Waals surface area contributed by atoms with Crippen molar-refractivity contribution in [2.24, 2.45) is 11.8 Å². The zero-order valence-electron chi connectivity index (χ0n) is 8.31. The van der Waals surface area contributed by atoms with Gasteiger partial charge in [-0.1, -0.05) is 12.8 Å². The topological polar surface area (TPSA) is 60.2 Å². The highest BCUT2D eigenvalue weighted by atomic mass is 16.6. The van der Waals surface area contributed by atoms with Gasteiger partial charge >= 0.3 is 0 Å². The zero-order chi connectivity index (χ0) is 10.6. The van der Waals surface area contributed by atoms with Gasteiger partial charge in [-0.2, -0.15) is 0 Å². The fraction of sp³-hybridized carbons (Fsp3) is 0.700. The second-order valence-electron chi connectivity index (χ2n) is 3.79. The Balaban J connectivity index is 2.63. The first-order valence-corrected chi connectivity index (χ1v) is 4.93. The minimum Gasteiger partial charge on any atom is -0.300 e. The maximum atomic E-state index is 11.3. The van der Waals surface area contributed by atoms with Gasteiger partial charge in [-0.05, 0) is 31.8 Å². The maximum absolute atomic E-state index is 11.3. The Labute approximate surface area is 83.1 Å². The van der Waals surface area contributed by atoms with Crippen LogP contribution in [0.15, 0.2) is 12.3 Å². The number of nitrogens with zero attached hydrogens (tertiary/aromatic N) is 1. The standard InChI is InChI=1S/C10H15NO3/c1-8(12)10-5-3-2-4-9(10)6-7-11(13)14/h6-7,9-10H,2-5H2,1H3/b7-6-/t9-,10-/m1/s1. The Morgan fingerprint density at radius 3 is 2.64 bits per heavy atom. The number of carbonyl (C=O) groups is 1. The van der Waals surface area contributed by atoms with E-state index < -0.39 is 4.92 Å². The van der Waals surface area contributed by atoms with Gasteiger partial charge in [-0.15, -0.1) is 0 Å². The van der Waals surface area contributed by atoms with Crippen LogP contribution in [0.25, 0.3) is 0 Å². The summed E-state index contributed by atoms with van der Waals surface area (Å²) in [4.78, 5) is 20.9. The maximum Gasteiger partial charge on any atom is 0.230 e. The molecule has 1 aliphatic carbocycles. The third kappa shape index (κ3) is 2.94. The number of hydrogen-bond donors (Lipinski definition) is 0. The van der Waals surface area contributed by atoms with Gasteiger partial charge < -0.3 is 0 Å². The molecule has 0 heterocycles. The van der Waals surface area contributed by atoms with Gasteiger partial charge in [0.05, 0.1) is 4.92 Å². The van der Waals surface area contributed by atoms with Crippen LogP contribution in [0.1, 0.15) is 32.6 Å². The molecule has 4 heteroatoms. The SMILES string of the molecule is CC(=O)[C@H]1CCCC[C@@H]1/C=C\[N+](=O)[O-]. The molecule has 0 aliphatic heterocycles. The minimum atomic E-state index is -0.466. The van der Waals surface area contributed by atoms with Gasteiger partial charge in [0.1, 0.15) is 5.78 Å². The molecule has 78 valence electrons. The number of rotatable bonds is 3. The molecule has 0 aromatic heterocycles. The molecule has 0 radical (unpaired) electrons. The van der Waals surface area contributed by atoms with Crippen LogP contribution in [0.4, 0.5) is 0 Å². The summed E-state index contributed by atoms with van der Waals surface area (Å²) in [7, 11) is 0. The van der Waals surface area contributed by atoms with Crippen LogP contribution < -0.4 is 0 Å². The Kier molecular flexibility index (Phi) is 3.80. The molecule has 0 spiro atoms. The van der Waals surface area contributed by atoms with E-state index in [4.69, 9.17) is 0 Å². The lowest BCUT2D eigenvalue weighted by atomic mass is 9.77. The van der Waals surface area contributed by atoms with Crippen LogP contribution in [0.2, 0.25) is 0 Å². The quantitative estimate of drug-likeness (QED) is 0.514. The molecular weight excluding hydrogens is 182 g/mol. The number of hydrogen-bond acceptors (Lipinski definition) is 3. The Bertz CT molecular complexity index is 260. The molecule has 4 nitrogen and oxygen atoms in total. The summed E-state index contributed by atoms with van der Waals surface area (Å²) >= 11 is 0. The van der Waals surface area contributed by atoms with Crippen LogP contribution in [0, 0.1) is 22.0 Å². The summed E-state index contributed by atoms with van der Waals surface area (Å²) in [5.41, 5.74) is 0. The highest BCUT2D eigenvalue weighted by Gasteiger charge is 2.27. The van der Waals surface area contributed by atoms with Gasteiger partial charge in [0.15, 0.2) is 0 Å². The second kappa shape index (κ2) is 4.88. The Hall–Kier alpha value is -1.19. The first kappa shape index (κ1) is 10.9. The van der Waals surface area contributed by atoms with Gasteiger partial charge in [0.25, 0.3) is 0 Å². The number of Topliss-reactive ketones (excluding diaryl/α,β-unsaturated/α-hetero) is 1. The van der Waals surface area contributed by atoms with E-state index in [-0.39, 0.29) is 17.6 Å². The van der Waals surface area contributed by atoms with E-state index in [0.29, 0.717) is 0 Å². The normalized spacial score (nSPS) is 27.8. The highest BCUT2D eigenvalue weighted by molar-refractivity contribution is 5.78. The van der Waals surface area contributed by atoms with Crippen molar-refractivity contribution in [2.45, 2.75) is 32.6 Å². The van der Waals surface area contributed by atoms with Crippen LogP contribution >= 0.6 is 0 Å². The van der Waals surface area contributed by atoms with Gasteiger partial charge in [-0.25, -0.2) is 0 Å². The third-order valence-corrected chi connectivity index (χ3v) is 2.80. The van der Waals surface area contributed by atoms with Crippen molar-refractivity contribution in [1.82, 2.24) is 0 Å². The van der Waals surface area contributed by atoms with E-state index in [1.165, 1.54) is 0 Å². The number of nitro groups is 1. The molecule has 0 aromatic rings. The van der Waals surface area contributed by atoms with Crippen molar-refractivity contribution in [2.75, 3.05) is 0 Å². The fourth-order valence-corrected chi connectivity index (χ4v) is 2.08. The van der Waals surface area contributed by atoms with Crippen molar-refractivity contribution in [3.8, 4) is 0 Å². The molecule has 0 unspecified atom stereocenters. The molecule has 1 fully saturated rings. The van der Waals surface area contributed by atoms with E-state index in [1.54, 1.807) is 13.0 Å². The summed E-state index contributed by atoms with van der Waals surface area (Å²) < 4.78 is 0. The number of carbonyl (C=O) groups excluding carboxylic acids is 1. The lowest BCUT2D eigenvalue weighted by molar-refractivity contribution is -0.402. The van der Waals surface area contributed by atoms with E-state index in [2.05, 4.69) is 0 Å². The number of allylic oxidation sites excluding steroid dienone is 1. The minimum absolute atomic E-state index is 0.0000463. The smallest absolute Gasteiger partial charge is 0.230 e. The van der Waals surface area contributed by atoms with Crippen molar-refractivity contribution in [3.05, 3.63) is 22.4 Å². The first-order valence-electron chi connectivity index (χ1n) is 4.93. The molecule has 0 bridgehead atoms. The van der Waals surface area contributed by atoms with Gasteiger partial charge in [0.2, 0.25) is 6.20 Å². The fourth-order valence-electron chi connectivity index (χ4n) is 2.08. The van der Waals surface area contributed by atoms with Crippen molar-refractivity contribution in [1.29, 1.82) is 0 Å². The van der Waals surface area contributed by atoms with Crippen molar-refractivity contribution >= 4 is 5.78 Å². The van der Waals surface area contributed by atoms with E-state index in [9.17, 15) is 14.9 Å². The molecule has 0 aromatic carbocycles. The molecule has 0 N–H and O–H groups in total. The molecule has 0 amide bonds. The molecule has 1 aliphatic rings. The zero-order valence-corrected chi connectivity index (χ0v) is 8.31. The molecular formula is C10H15NO3. The predicted molar refractivity (Wildman–Crippen MR) is 52.3 cm³/mol. The molecule has 0 saturated heterocycles. The molecule has 14 heavy (non-hydrogen) atoms.